The van der Waals surface area contributed by atoms with Crippen LogP contribution < -0.4 is 11.1 Å². The normalized spacial score (nSPS) is 12.5. The van der Waals surface area contributed by atoms with Gasteiger partial charge < -0.3 is 11.1 Å². The summed E-state index contributed by atoms with van der Waals surface area (Å²) in [4.78, 5) is 11.7. The zero-order valence-electron chi connectivity index (χ0n) is 10.9. The van der Waals surface area contributed by atoms with Crippen LogP contribution in [0.25, 0.3) is 0 Å². The average Bonchev–Trinajstić information content (AvgIpc) is 2.27. The van der Waals surface area contributed by atoms with E-state index in [2.05, 4.69) is 19.2 Å². The molecule has 1 amide bonds. The number of nitrogens with one attached hydrogen (secondary N) is 1. The van der Waals surface area contributed by atoms with Gasteiger partial charge >= 0.3 is 0 Å². The SMILES string of the molecule is Cc1ccc(CNC(=O)[C@@H](N)CC(C)C)cc1. The smallest absolute Gasteiger partial charge is 0.237 e. The van der Waals surface area contributed by atoms with Gasteiger partial charge in [-0.05, 0) is 24.8 Å². The summed E-state index contributed by atoms with van der Waals surface area (Å²) in [5.74, 6) is 0.370. The van der Waals surface area contributed by atoms with Crippen LogP contribution in [0.4, 0.5) is 0 Å². The van der Waals surface area contributed by atoms with Crippen molar-refractivity contribution in [1.82, 2.24) is 5.32 Å². The lowest BCUT2D eigenvalue weighted by atomic mass is 10.0. The largest absolute Gasteiger partial charge is 0.351 e. The Balaban J connectivity index is 2.40. The van der Waals surface area contributed by atoms with Crippen molar-refractivity contribution < 1.29 is 4.79 Å². The number of aryl methyl sites for hydroxylation is 1. The van der Waals surface area contributed by atoms with Gasteiger partial charge in [0, 0.05) is 6.54 Å². The lowest BCUT2D eigenvalue weighted by Crippen LogP contribution is -2.40. The van der Waals surface area contributed by atoms with Gasteiger partial charge in [-0.2, -0.15) is 0 Å². The van der Waals surface area contributed by atoms with Crippen LogP contribution in [0.5, 0.6) is 0 Å². The van der Waals surface area contributed by atoms with Crippen LogP contribution in [-0.4, -0.2) is 11.9 Å². The van der Waals surface area contributed by atoms with Crippen LogP contribution in [0.3, 0.4) is 0 Å². The first-order chi connectivity index (χ1) is 7.99. The van der Waals surface area contributed by atoms with Crippen molar-refractivity contribution in [2.24, 2.45) is 11.7 Å². The molecular formula is C14H22N2O. The maximum atomic E-state index is 11.7. The average molecular weight is 234 g/mol. The first-order valence-electron chi connectivity index (χ1n) is 6.08. The zero-order chi connectivity index (χ0) is 12.8. The fourth-order valence-electron chi connectivity index (χ4n) is 1.64. The Labute approximate surface area is 103 Å². The standard InChI is InChI=1S/C14H22N2O/c1-10(2)8-13(15)14(17)16-9-12-6-4-11(3)5-7-12/h4-7,10,13H,8-9,15H2,1-3H3,(H,16,17)/t13-/m0/s1. The Morgan fingerprint density at radius 3 is 2.41 bits per heavy atom. The molecule has 0 heterocycles. The molecule has 0 fully saturated rings. The van der Waals surface area contributed by atoms with Gasteiger partial charge in [0.2, 0.25) is 5.91 Å². The van der Waals surface area contributed by atoms with Gasteiger partial charge in [0.15, 0.2) is 0 Å². The van der Waals surface area contributed by atoms with Gasteiger partial charge in [0.1, 0.15) is 0 Å². The van der Waals surface area contributed by atoms with Crippen LogP contribution in [0.1, 0.15) is 31.4 Å². The maximum Gasteiger partial charge on any atom is 0.237 e. The Morgan fingerprint density at radius 2 is 1.88 bits per heavy atom. The van der Waals surface area contributed by atoms with E-state index in [1.807, 2.05) is 31.2 Å². The number of hydrogen-bond donors (Lipinski definition) is 2. The Kier molecular flexibility index (Phi) is 5.16. The van der Waals surface area contributed by atoms with E-state index >= 15 is 0 Å². The number of nitrogens with two attached hydrogens (primary N) is 1. The molecule has 3 heteroatoms. The molecule has 0 aromatic heterocycles. The molecular weight excluding hydrogens is 212 g/mol. The van der Waals surface area contributed by atoms with Crippen molar-refractivity contribution in [2.75, 3.05) is 0 Å². The molecule has 17 heavy (non-hydrogen) atoms. The molecule has 0 spiro atoms. The van der Waals surface area contributed by atoms with E-state index < -0.39 is 6.04 Å². The van der Waals surface area contributed by atoms with Crippen molar-refractivity contribution in [3.63, 3.8) is 0 Å². The topological polar surface area (TPSA) is 55.1 Å². The zero-order valence-corrected chi connectivity index (χ0v) is 10.9. The summed E-state index contributed by atoms with van der Waals surface area (Å²) in [6.07, 6.45) is 0.722. The molecule has 94 valence electrons. The highest BCUT2D eigenvalue weighted by molar-refractivity contribution is 5.81. The molecule has 1 aromatic rings. The molecule has 1 aromatic carbocycles. The van der Waals surface area contributed by atoms with Crippen LogP contribution >= 0.6 is 0 Å². The second-order valence-corrected chi connectivity index (χ2v) is 4.94. The molecule has 0 aliphatic carbocycles. The van der Waals surface area contributed by atoms with Crippen LogP contribution in [0, 0.1) is 12.8 Å². The van der Waals surface area contributed by atoms with Crippen molar-refractivity contribution in [3.8, 4) is 0 Å². The molecule has 3 nitrogen and oxygen atoms in total. The summed E-state index contributed by atoms with van der Waals surface area (Å²) in [5, 5.41) is 2.86. The Bertz CT molecular complexity index is 357. The highest BCUT2D eigenvalue weighted by atomic mass is 16.2. The van der Waals surface area contributed by atoms with Crippen molar-refractivity contribution in [1.29, 1.82) is 0 Å². The minimum absolute atomic E-state index is 0.0701. The fourth-order valence-corrected chi connectivity index (χ4v) is 1.64. The number of carbonyl (C=O) groups is 1. The van der Waals surface area contributed by atoms with Gasteiger partial charge in [0.25, 0.3) is 0 Å². The van der Waals surface area contributed by atoms with Crippen molar-refractivity contribution in [3.05, 3.63) is 35.4 Å². The number of rotatable bonds is 5. The molecule has 0 aliphatic rings. The molecule has 3 N–H and O–H groups in total. The van der Waals surface area contributed by atoms with Crippen LogP contribution in [0.2, 0.25) is 0 Å². The maximum absolute atomic E-state index is 11.7. The molecule has 1 atom stereocenters. The molecule has 0 saturated heterocycles. The third-order valence-electron chi connectivity index (χ3n) is 2.65. The molecule has 0 aliphatic heterocycles. The number of amides is 1. The summed E-state index contributed by atoms with van der Waals surface area (Å²) in [5.41, 5.74) is 8.11. The lowest BCUT2D eigenvalue weighted by molar-refractivity contribution is -0.122. The molecule has 1 rings (SSSR count). The number of benzene rings is 1. The van der Waals surface area contributed by atoms with Gasteiger partial charge in [-0.3, -0.25) is 4.79 Å². The van der Waals surface area contributed by atoms with E-state index in [1.54, 1.807) is 0 Å². The fraction of sp³-hybridized carbons (Fsp3) is 0.500. The summed E-state index contributed by atoms with van der Waals surface area (Å²) in [6.45, 7) is 6.71. The van der Waals surface area contributed by atoms with Gasteiger partial charge in [0.05, 0.1) is 6.04 Å². The van der Waals surface area contributed by atoms with Gasteiger partial charge in [-0.1, -0.05) is 43.7 Å². The van der Waals surface area contributed by atoms with Crippen molar-refractivity contribution >= 4 is 5.91 Å². The molecule has 0 unspecified atom stereocenters. The van der Waals surface area contributed by atoms with Gasteiger partial charge in [-0.15, -0.1) is 0 Å². The first-order valence-corrected chi connectivity index (χ1v) is 6.08. The summed E-state index contributed by atoms with van der Waals surface area (Å²) in [7, 11) is 0. The monoisotopic (exact) mass is 234 g/mol. The Hall–Kier alpha value is -1.35. The first kappa shape index (κ1) is 13.7. The second kappa shape index (κ2) is 6.40. The predicted molar refractivity (Wildman–Crippen MR) is 70.5 cm³/mol. The quantitative estimate of drug-likeness (QED) is 0.818. The molecule has 0 radical (unpaired) electrons. The van der Waals surface area contributed by atoms with E-state index in [4.69, 9.17) is 5.73 Å². The molecule has 0 bridgehead atoms. The van der Waals surface area contributed by atoms with E-state index in [1.165, 1.54) is 5.56 Å². The third-order valence-corrected chi connectivity index (χ3v) is 2.65. The van der Waals surface area contributed by atoms with Crippen LogP contribution in [-0.2, 0) is 11.3 Å². The summed E-state index contributed by atoms with van der Waals surface area (Å²) < 4.78 is 0. The lowest BCUT2D eigenvalue weighted by Gasteiger charge is -2.14. The highest BCUT2D eigenvalue weighted by Crippen LogP contribution is 2.04. The van der Waals surface area contributed by atoms with E-state index in [0.717, 1.165) is 12.0 Å². The second-order valence-electron chi connectivity index (χ2n) is 4.94. The van der Waals surface area contributed by atoms with Gasteiger partial charge in [-0.25, -0.2) is 0 Å². The Morgan fingerprint density at radius 1 is 1.29 bits per heavy atom. The van der Waals surface area contributed by atoms with E-state index in [9.17, 15) is 4.79 Å². The summed E-state index contributed by atoms with van der Waals surface area (Å²) in [6, 6.07) is 7.71. The minimum Gasteiger partial charge on any atom is -0.351 e. The third kappa shape index (κ3) is 5.00. The highest BCUT2D eigenvalue weighted by Gasteiger charge is 2.14. The van der Waals surface area contributed by atoms with Crippen LogP contribution in [0.15, 0.2) is 24.3 Å². The molecule has 0 saturated carbocycles. The number of carbonyl (C=O) groups excluding carboxylic acids is 1. The minimum atomic E-state index is -0.402. The van der Waals surface area contributed by atoms with E-state index in [0.29, 0.717) is 12.5 Å². The predicted octanol–water partition coefficient (Wildman–Crippen LogP) is 1.98. The van der Waals surface area contributed by atoms with Crippen molar-refractivity contribution in [2.45, 2.75) is 39.8 Å². The summed E-state index contributed by atoms with van der Waals surface area (Å²) >= 11 is 0. The van der Waals surface area contributed by atoms with E-state index in [-0.39, 0.29) is 5.91 Å². The number of hydrogen-bond acceptors (Lipinski definition) is 2.